The largest absolute Gasteiger partial charge is 0.349 e. The number of nitrogens with zero attached hydrogens (tertiary/aromatic N) is 2. The average Bonchev–Trinajstić information content (AvgIpc) is 2.88. The van der Waals surface area contributed by atoms with Gasteiger partial charge in [-0.3, -0.25) is 0 Å². The Kier molecular flexibility index (Phi) is 4.00. The number of halogens is 1. The number of rotatable bonds is 5. The Morgan fingerprint density at radius 3 is 2.89 bits per heavy atom. The van der Waals surface area contributed by atoms with Gasteiger partial charge in [-0.1, -0.05) is 22.9 Å². The minimum atomic E-state index is -3.54. The number of hydrogen-bond donors (Lipinski definition) is 2. The zero-order valence-electron chi connectivity index (χ0n) is 9.47. The molecule has 0 aliphatic rings. The van der Waals surface area contributed by atoms with Crippen molar-refractivity contribution < 1.29 is 8.42 Å². The molecular weight excluding hydrogens is 296 g/mol. The number of H-pyrrole nitrogens is 1. The van der Waals surface area contributed by atoms with E-state index in [9.17, 15) is 8.42 Å². The van der Waals surface area contributed by atoms with Crippen LogP contribution in [-0.4, -0.2) is 29.9 Å². The third-order valence-corrected chi connectivity index (χ3v) is 5.51. The Morgan fingerprint density at radius 2 is 2.33 bits per heavy atom. The molecule has 98 valence electrons. The molecule has 0 fully saturated rings. The number of sulfonamides is 1. The molecule has 0 amide bonds. The molecule has 0 radical (unpaired) electrons. The molecule has 0 aliphatic heterocycles. The maximum atomic E-state index is 12.0. The van der Waals surface area contributed by atoms with Crippen LogP contribution in [-0.2, 0) is 16.4 Å². The summed E-state index contributed by atoms with van der Waals surface area (Å²) in [7, 11) is -3.54. The number of nitrogens with one attached hydrogen (secondary N) is 2. The van der Waals surface area contributed by atoms with Gasteiger partial charge in [-0.2, -0.15) is 0 Å². The molecule has 9 heteroatoms. The lowest BCUT2D eigenvalue weighted by molar-refractivity contribution is 0.582. The van der Waals surface area contributed by atoms with E-state index in [2.05, 4.69) is 19.7 Å². The lowest BCUT2D eigenvalue weighted by Crippen LogP contribution is -2.26. The van der Waals surface area contributed by atoms with E-state index >= 15 is 0 Å². The van der Waals surface area contributed by atoms with Crippen LogP contribution in [0.3, 0.4) is 0 Å². The summed E-state index contributed by atoms with van der Waals surface area (Å²) in [5.74, 6) is 0.733. The maximum Gasteiger partial charge on any atom is 0.251 e. The van der Waals surface area contributed by atoms with Crippen LogP contribution in [0.2, 0.25) is 4.47 Å². The first kappa shape index (κ1) is 13.5. The first-order chi connectivity index (χ1) is 8.49. The zero-order chi connectivity index (χ0) is 13.2. The smallest absolute Gasteiger partial charge is 0.251 e. The Balaban J connectivity index is 2.02. The number of thiazole rings is 1. The summed E-state index contributed by atoms with van der Waals surface area (Å²) in [6, 6.07) is 0. The fourth-order valence-corrected chi connectivity index (χ4v) is 4.22. The van der Waals surface area contributed by atoms with E-state index in [4.69, 9.17) is 11.6 Å². The standard InChI is InChI=1S/C9H11ClN4O2S2/c1-6-8(17-9(10)14-6)18(15,16)13-3-2-7-11-4-5-12-7/h4-5,13H,2-3H2,1H3,(H,11,12). The van der Waals surface area contributed by atoms with Crippen molar-refractivity contribution in [2.24, 2.45) is 0 Å². The first-order valence-corrected chi connectivity index (χ1v) is 7.77. The molecule has 6 nitrogen and oxygen atoms in total. The van der Waals surface area contributed by atoms with Gasteiger partial charge in [0, 0.05) is 25.4 Å². The second-order valence-corrected chi connectivity index (χ2v) is 7.07. The Bertz CT molecular complexity index is 621. The topological polar surface area (TPSA) is 87.7 Å². The fourth-order valence-electron chi connectivity index (χ4n) is 1.40. The van der Waals surface area contributed by atoms with Crippen LogP contribution in [0.4, 0.5) is 0 Å². The highest BCUT2D eigenvalue weighted by Gasteiger charge is 2.20. The van der Waals surface area contributed by atoms with Crippen LogP contribution in [0.15, 0.2) is 16.6 Å². The Hall–Kier alpha value is -0.960. The van der Waals surface area contributed by atoms with Crippen molar-refractivity contribution in [3.05, 3.63) is 28.4 Å². The van der Waals surface area contributed by atoms with Crippen LogP contribution in [0.5, 0.6) is 0 Å². The molecule has 0 unspecified atom stereocenters. The van der Waals surface area contributed by atoms with E-state index in [1.165, 1.54) is 0 Å². The van der Waals surface area contributed by atoms with Crippen LogP contribution in [0.1, 0.15) is 11.5 Å². The number of aromatic amines is 1. The van der Waals surface area contributed by atoms with E-state index in [-0.39, 0.29) is 15.2 Å². The van der Waals surface area contributed by atoms with Gasteiger partial charge in [0.15, 0.2) is 8.68 Å². The van der Waals surface area contributed by atoms with Gasteiger partial charge in [0.2, 0.25) is 0 Å². The van der Waals surface area contributed by atoms with Crippen LogP contribution in [0, 0.1) is 6.92 Å². The lowest BCUT2D eigenvalue weighted by Gasteiger charge is -2.03. The van der Waals surface area contributed by atoms with Gasteiger partial charge in [-0.15, -0.1) is 0 Å². The molecular formula is C9H11ClN4O2S2. The minimum absolute atomic E-state index is 0.159. The van der Waals surface area contributed by atoms with Crippen molar-refractivity contribution in [2.75, 3.05) is 6.54 Å². The summed E-state index contributed by atoms with van der Waals surface area (Å²) in [4.78, 5) is 10.8. The van der Waals surface area contributed by atoms with Gasteiger partial charge in [-0.05, 0) is 6.92 Å². The first-order valence-electron chi connectivity index (χ1n) is 5.10. The molecule has 2 heterocycles. The molecule has 2 aromatic heterocycles. The van der Waals surface area contributed by atoms with Gasteiger partial charge < -0.3 is 4.98 Å². The zero-order valence-corrected chi connectivity index (χ0v) is 11.9. The maximum absolute atomic E-state index is 12.0. The number of hydrogen-bond acceptors (Lipinski definition) is 5. The lowest BCUT2D eigenvalue weighted by atomic mass is 10.4. The van der Waals surface area contributed by atoms with Crippen molar-refractivity contribution in [1.82, 2.24) is 19.7 Å². The Labute approximate surface area is 113 Å². The molecule has 0 aliphatic carbocycles. The summed E-state index contributed by atoms with van der Waals surface area (Å²) in [6.07, 6.45) is 3.81. The molecule has 0 spiro atoms. The van der Waals surface area contributed by atoms with Crippen molar-refractivity contribution in [3.63, 3.8) is 0 Å². The highest BCUT2D eigenvalue weighted by atomic mass is 35.5. The van der Waals surface area contributed by atoms with Crippen LogP contribution < -0.4 is 4.72 Å². The molecule has 0 atom stereocenters. The van der Waals surface area contributed by atoms with Gasteiger partial charge in [0.1, 0.15) is 5.82 Å². The normalized spacial score (nSPS) is 11.9. The summed E-state index contributed by atoms with van der Waals surface area (Å²) < 4.78 is 26.8. The summed E-state index contributed by atoms with van der Waals surface area (Å²) >= 11 is 6.64. The van der Waals surface area contributed by atoms with Gasteiger partial charge in [0.05, 0.1) is 5.69 Å². The second kappa shape index (κ2) is 5.35. The predicted molar refractivity (Wildman–Crippen MR) is 69.3 cm³/mol. The molecule has 18 heavy (non-hydrogen) atoms. The molecule has 0 aromatic carbocycles. The average molecular weight is 307 g/mol. The summed E-state index contributed by atoms with van der Waals surface area (Å²) in [6.45, 7) is 1.88. The molecule has 2 aromatic rings. The number of aryl methyl sites for hydroxylation is 1. The molecule has 2 N–H and O–H groups in total. The van der Waals surface area contributed by atoms with E-state index in [0.717, 1.165) is 17.2 Å². The molecule has 0 saturated carbocycles. The minimum Gasteiger partial charge on any atom is -0.349 e. The van der Waals surface area contributed by atoms with Crippen LogP contribution >= 0.6 is 22.9 Å². The Morgan fingerprint density at radius 1 is 1.56 bits per heavy atom. The quantitative estimate of drug-likeness (QED) is 0.873. The van der Waals surface area contributed by atoms with Crippen LogP contribution in [0.25, 0.3) is 0 Å². The van der Waals surface area contributed by atoms with Crippen molar-refractivity contribution >= 4 is 33.0 Å². The van der Waals surface area contributed by atoms with E-state index in [1.54, 1.807) is 19.3 Å². The highest BCUT2D eigenvalue weighted by Crippen LogP contribution is 2.26. The SMILES string of the molecule is Cc1nc(Cl)sc1S(=O)(=O)NCCc1ncc[nH]1. The highest BCUT2D eigenvalue weighted by molar-refractivity contribution is 7.91. The van der Waals surface area contributed by atoms with Crippen molar-refractivity contribution in [3.8, 4) is 0 Å². The summed E-state index contributed by atoms with van der Waals surface area (Å²) in [5.41, 5.74) is 0.412. The fraction of sp³-hybridized carbons (Fsp3) is 0.333. The predicted octanol–water partition coefficient (Wildman–Crippen LogP) is 1.35. The van der Waals surface area contributed by atoms with E-state index in [1.807, 2.05) is 0 Å². The number of aromatic nitrogens is 3. The number of imidazole rings is 1. The monoisotopic (exact) mass is 306 g/mol. The second-order valence-electron chi connectivity index (χ2n) is 3.52. The molecule has 2 rings (SSSR count). The summed E-state index contributed by atoms with van der Waals surface area (Å²) in [5, 5.41) is 0. The third-order valence-electron chi connectivity index (χ3n) is 2.18. The van der Waals surface area contributed by atoms with Gasteiger partial charge in [0.25, 0.3) is 10.0 Å². The molecule has 0 bridgehead atoms. The van der Waals surface area contributed by atoms with Crippen molar-refractivity contribution in [2.45, 2.75) is 17.6 Å². The molecule has 0 saturated heterocycles. The van der Waals surface area contributed by atoms with Gasteiger partial charge in [-0.25, -0.2) is 23.1 Å². The van der Waals surface area contributed by atoms with Gasteiger partial charge >= 0.3 is 0 Å². The van der Waals surface area contributed by atoms with E-state index in [0.29, 0.717) is 12.1 Å². The third kappa shape index (κ3) is 3.08. The van der Waals surface area contributed by atoms with E-state index < -0.39 is 10.0 Å². The van der Waals surface area contributed by atoms with Crippen molar-refractivity contribution in [1.29, 1.82) is 0 Å².